The van der Waals surface area contributed by atoms with E-state index in [-0.39, 0.29) is 0 Å². The van der Waals surface area contributed by atoms with Gasteiger partial charge < -0.3 is 0 Å². The molecule has 2 aliphatic carbocycles. The van der Waals surface area contributed by atoms with E-state index in [1.54, 1.807) is 0 Å². The maximum Gasteiger partial charge on any atom is 0.133 e. The van der Waals surface area contributed by atoms with Crippen LogP contribution in [0.15, 0.2) is 10.6 Å². The third-order valence-corrected chi connectivity index (χ3v) is 4.64. The largest absolute Gasteiger partial charge is 0.300 e. The minimum absolute atomic E-state index is 0.408. The second kappa shape index (κ2) is 3.80. The molecule has 14 heavy (non-hydrogen) atoms. The highest BCUT2D eigenvalue weighted by atomic mass is 79.9. The smallest absolute Gasteiger partial charge is 0.133 e. The summed E-state index contributed by atoms with van der Waals surface area (Å²) in [5.74, 6) is 0.984. The predicted octanol–water partition coefficient (Wildman–Crippen LogP) is 3.82. The van der Waals surface area contributed by atoms with Crippen LogP contribution in [0.3, 0.4) is 0 Å². The number of hydrogen-bond donors (Lipinski definition) is 0. The first-order valence-electron chi connectivity index (χ1n) is 5.46. The van der Waals surface area contributed by atoms with Gasteiger partial charge in [0.1, 0.15) is 5.78 Å². The molecule has 0 heterocycles. The molecule has 0 aromatic heterocycles. The monoisotopic (exact) mass is 256 g/mol. The normalized spacial score (nSPS) is 41.1. The molecule has 2 saturated carbocycles. The Hall–Kier alpha value is -0.110. The van der Waals surface area contributed by atoms with Gasteiger partial charge in [-0.25, -0.2) is 0 Å². The van der Waals surface area contributed by atoms with Crippen LogP contribution in [0.1, 0.15) is 45.4 Å². The van der Waals surface area contributed by atoms with Crippen molar-refractivity contribution in [1.29, 1.82) is 0 Å². The number of allylic oxidation sites excluding steroid dienone is 1. The number of rotatable bonds is 0. The van der Waals surface area contributed by atoms with Crippen LogP contribution in [-0.4, -0.2) is 5.78 Å². The van der Waals surface area contributed by atoms with E-state index in [0.29, 0.717) is 17.1 Å². The van der Waals surface area contributed by atoms with E-state index in [1.807, 2.05) is 0 Å². The third-order valence-electron chi connectivity index (χ3n) is 4.05. The average Bonchev–Trinajstić information content (AvgIpc) is 2.18. The van der Waals surface area contributed by atoms with E-state index < -0.39 is 0 Å². The van der Waals surface area contributed by atoms with Crippen molar-refractivity contribution in [3.63, 3.8) is 0 Å². The quantitative estimate of drug-likeness (QED) is 0.644. The Bertz CT molecular complexity index is 282. The first kappa shape index (κ1) is 10.4. The molecule has 0 aromatic carbocycles. The molecule has 2 heteroatoms. The molecule has 2 atom stereocenters. The predicted molar refractivity (Wildman–Crippen MR) is 61.3 cm³/mol. The lowest BCUT2D eigenvalue weighted by Gasteiger charge is -2.45. The highest BCUT2D eigenvalue weighted by Crippen LogP contribution is 2.51. The Balaban J connectivity index is 2.26. The summed E-state index contributed by atoms with van der Waals surface area (Å²) in [5, 5.41) is 0. The van der Waals surface area contributed by atoms with Crippen molar-refractivity contribution in [3.05, 3.63) is 10.6 Å². The number of carbonyl (C=O) groups is 1. The van der Waals surface area contributed by atoms with E-state index in [1.165, 1.54) is 24.8 Å². The van der Waals surface area contributed by atoms with Crippen LogP contribution in [0.25, 0.3) is 0 Å². The fourth-order valence-corrected chi connectivity index (χ4v) is 3.60. The van der Waals surface area contributed by atoms with Gasteiger partial charge in [-0.3, -0.25) is 4.79 Å². The summed E-state index contributed by atoms with van der Waals surface area (Å²) < 4.78 is 0. The highest BCUT2D eigenvalue weighted by molar-refractivity contribution is 9.11. The number of Topliss-reactive ketones (excluding diaryl/α,β-unsaturated/α-hetero) is 1. The molecular formula is C12H17BrO. The summed E-state index contributed by atoms with van der Waals surface area (Å²) >= 11 is 3.44. The lowest BCUT2D eigenvalue weighted by Crippen LogP contribution is -2.38. The zero-order valence-corrected chi connectivity index (χ0v) is 10.3. The molecule has 2 aliphatic rings. The van der Waals surface area contributed by atoms with Crippen LogP contribution in [0, 0.1) is 11.3 Å². The van der Waals surface area contributed by atoms with Gasteiger partial charge in [-0.1, -0.05) is 28.4 Å². The van der Waals surface area contributed by atoms with Crippen LogP contribution in [-0.2, 0) is 4.79 Å². The lowest BCUT2D eigenvalue weighted by molar-refractivity contribution is -0.124. The van der Waals surface area contributed by atoms with Crippen molar-refractivity contribution in [2.45, 2.75) is 45.4 Å². The first-order valence-corrected chi connectivity index (χ1v) is 6.38. The Morgan fingerprint density at radius 1 is 1.43 bits per heavy atom. The summed E-state index contributed by atoms with van der Waals surface area (Å²) in [4.78, 5) is 13.5. The van der Waals surface area contributed by atoms with Crippen LogP contribution in [0.4, 0.5) is 0 Å². The maximum atomic E-state index is 11.5. The molecule has 78 valence electrons. The van der Waals surface area contributed by atoms with E-state index in [4.69, 9.17) is 0 Å². The molecule has 0 aromatic rings. The zero-order valence-electron chi connectivity index (χ0n) is 8.68. The number of fused-ring (bicyclic) bond motifs is 1. The number of carbonyl (C=O) groups excluding carboxylic acids is 1. The summed E-state index contributed by atoms with van der Waals surface area (Å²) in [5.41, 5.74) is 1.87. The Morgan fingerprint density at radius 3 is 2.93 bits per heavy atom. The van der Waals surface area contributed by atoms with Crippen molar-refractivity contribution in [1.82, 2.24) is 0 Å². The molecule has 2 fully saturated rings. The van der Waals surface area contributed by atoms with Crippen LogP contribution in [0.5, 0.6) is 0 Å². The van der Waals surface area contributed by atoms with Crippen molar-refractivity contribution in [2.75, 3.05) is 0 Å². The van der Waals surface area contributed by atoms with Crippen molar-refractivity contribution in [2.24, 2.45) is 11.3 Å². The van der Waals surface area contributed by atoms with E-state index >= 15 is 0 Å². The van der Waals surface area contributed by atoms with Crippen molar-refractivity contribution in [3.8, 4) is 0 Å². The summed E-state index contributed by atoms with van der Waals surface area (Å²) in [6.45, 7) is 2.36. The van der Waals surface area contributed by atoms with Gasteiger partial charge in [0, 0.05) is 12.8 Å². The number of hydrogen-bond acceptors (Lipinski definition) is 1. The van der Waals surface area contributed by atoms with E-state index in [9.17, 15) is 4.79 Å². The van der Waals surface area contributed by atoms with Crippen LogP contribution < -0.4 is 0 Å². The molecule has 0 saturated heterocycles. The summed E-state index contributed by atoms with van der Waals surface area (Å²) in [6.07, 6.45) is 6.46. The van der Waals surface area contributed by atoms with Gasteiger partial charge >= 0.3 is 0 Å². The van der Waals surface area contributed by atoms with Crippen molar-refractivity contribution >= 4 is 21.7 Å². The fourth-order valence-electron chi connectivity index (χ4n) is 3.05. The second-order valence-corrected chi connectivity index (χ2v) is 5.44. The molecule has 2 rings (SSSR count). The third kappa shape index (κ3) is 1.69. The maximum absolute atomic E-state index is 11.5. The molecule has 0 bridgehead atoms. The lowest BCUT2D eigenvalue weighted by atomic mass is 9.59. The standard InChI is InChI=1S/C12H17BrO/c1-12-5-2-3-9(8-13)11(12)7-10(14)4-6-12/h8,11H,2-7H2,1H3/t11-,12+/m0/s1. The molecule has 0 unspecified atom stereocenters. The Kier molecular flexibility index (Phi) is 2.83. The topological polar surface area (TPSA) is 17.1 Å². The van der Waals surface area contributed by atoms with Crippen molar-refractivity contribution < 1.29 is 4.79 Å². The summed E-state index contributed by atoms with van der Waals surface area (Å²) in [7, 11) is 0. The van der Waals surface area contributed by atoms with Crippen LogP contribution >= 0.6 is 15.9 Å². The molecule has 0 N–H and O–H groups in total. The molecule has 1 nitrogen and oxygen atoms in total. The minimum atomic E-state index is 0.408. The first-order chi connectivity index (χ1) is 6.65. The minimum Gasteiger partial charge on any atom is -0.300 e. The number of halogens is 1. The van der Waals surface area contributed by atoms with Crippen LogP contribution in [0.2, 0.25) is 0 Å². The molecule has 0 amide bonds. The van der Waals surface area contributed by atoms with E-state index in [0.717, 1.165) is 19.3 Å². The van der Waals surface area contributed by atoms with Gasteiger partial charge in [-0.05, 0) is 42.0 Å². The molecular weight excluding hydrogens is 240 g/mol. The van der Waals surface area contributed by atoms with Gasteiger partial charge in [0.15, 0.2) is 0 Å². The van der Waals surface area contributed by atoms with Gasteiger partial charge in [0.2, 0.25) is 0 Å². The summed E-state index contributed by atoms with van der Waals surface area (Å²) in [6, 6.07) is 0. The van der Waals surface area contributed by atoms with Gasteiger partial charge in [-0.15, -0.1) is 0 Å². The van der Waals surface area contributed by atoms with Gasteiger partial charge in [-0.2, -0.15) is 0 Å². The number of ketones is 1. The second-order valence-electron chi connectivity index (χ2n) is 4.99. The SMILES string of the molecule is C[C@]12CCCC(=CBr)[C@@H]1CC(=O)CC2. The average molecular weight is 257 g/mol. The molecule has 0 aliphatic heterocycles. The fraction of sp³-hybridized carbons (Fsp3) is 0.750. The Morgan fingerprint density at radius 2 is 2.21 bits per heavy atom. The highest BCUT2D eigenvalue weighted by Gasteiger charge is 2.42. The molecule has 0 radical (unpaired) electrons. The van der Waals surface area contributed by atoms with E-state index in [2.05, 4.69) is 27.8 Å². The van der Waals surface area contributed by atoms with Gasteiger partial charge in [0.25, 0.3) is 0 Å². The molecule has 0 spiro atoms. The zero-order chi connectivity index (χ0) is 10.2. The van der Waals surface area contributed by atoms with Gasteiger partial charge in [0.05, 0.1) is 0 Å². The Labute approximate surface area is 94.1 Å².